The molecule has 0 fully saturated rings. The van der Waals surface area contributed by atoms with Crippen LogP contribution in [0, 0.1) is 17.6 Å². The van der Waals surface area contributed by atoms with Crippen LogP contribution in [0.3, 0.4) is 0 Å². The number of alkyl halides is 1. The molecule has 0 aliphatic carbocycles. The maximum Gasteiger partial charge on any atom is 0.338 e. The molecule has 2 atom stereocenters. The highest BCUT2D eigenvalue weighted by Crippen LogP contribution is 2.36. The van der Waals surface area contributed by atoms with Crippen LogP contribution in [-0.2, 0) is 9.53 Å². The first-order valence-electron chi connectivity index (χ1n) is 8.92. The van der Waals surface area contributed by atoms with Crippen molar-refractivity contribution in [1.29, 1.82) is 0 Å². The van der Waals surface area contributed by atoms with Gasteiger partial charge in [0, 0.05) is 11.9 Å². The van der Waals surface area contributed by atoms with Crippen LogP contribution in [0.2, 0.25) is 0 Å². The van der Waals surface area contributed by atoms with E-state index in [0.29, 0.717) is 29.3 Å². The topological polar surface area (TPSA) is 41.9 Å². The lowest BCUT2D eigenvalue weighted by molar-refractivity contribution is -0.136. The summed E-state index contributed by atoms with van der Waals surface area (Å²) < 4.78 is 32.3. The predicted molar refractivity (Wildman–Crippen MR) is 106 cm³/mol. The number of amidine groups is 1. The molecule has 4 nitrogen and oxygen atoms in total. The standard InChI is InChI=1S/C20H25BrF2N2O2/c1-12(11-21)6-5-9-25-14(3)24-13(2)18(20(26)27-4)19(25)15-7-8-16(22)17(23)10-15/h7-8,10,12,19H,5-6,9,11H2,1-4H3/t12-,19?/m1/s1. The van der Waals surface area contributed by atoms with Gasteiger partial charge in [0.15, 0.2) is 11.6 Å². The number of ether oxygens (including phenoxy) is 1. The molecule has 1 unspecified atom stereocenters. The fraction of sp³-hybridized carbons (Fsp3) is 0.500. The lowest BCUT2D eigenvalue weighted by atomic mass is 9.93. The molecule has 0 saturated carbocycles. The van der Waals surface area contributed by atoms with Gasteiger partial charge in [0.2, 0.25) is 0 Å². The molecule has 1 aliphatic heterocycles. The van der Waals surface area contributed by atoms with E-state index in [1.54, 1.807) is 6.92 Å². The van der Waals surface area contributed by atoms with Crippen molar-refractivity contribution in [2.24, 2.45) is 10.9 Å². The monoisotopic (exact) mass is 442 g/mol. The Labute approximate surface area is 167 Å². The van der Waals surface area contributed by atoms with Gasteiger partial charge < -0.3 is 9.64 Å². The average molecular weight is 443 g/mol. The summed E-state index contributed by atoms with van der Waals surface area (Å²) >= 11 is 3.48. The lowest BCUT2D eigenvalue weighted by Gasteiger charge is -2.38. The van der Waals surface area contributed by atoms with Gasteiger partial charge in [-0.1, -0.05) is 28.9 Å². The van der Waals surface area contributed by atoms with E-state index < -0.39 is 23.6 Å². The largest absolute Gasteiger partial charge is 0.466 e. The van der Waals surface area contributed by atoms with E-state index in [0.717, 1.165) is 36.1 Å². The molecule has 1 aliphatic rings. The summed E-state index contributed by atoms with van der Waals surface area (Å²) in [7, 11) is 1.30. The number of allylic oxidation sites excluding steroid dienone is 1. The first-order valence-corrected chi connectivity index (χ1v) is 10.0. The summed E-state index contributed by atoms with van der Waals surface area (Å²) in [5, 5.41) is 0.916. The van der Waals surface area contributed by atoms with Crippen LogP contribution in [0.25, 0.3) is 0 Å². The first kappa shape index (κ1) is 21.5. The molecular formula is C20H25BrF2N2O2. The van der Waals surface area contributed by atoms with E-state index in [1.807, 2.05) is 11.8 Å². The number of nitrogens with zero attached hydrogens (tertiary/aromatic N) is 2. The second-order valence-electron chi connectivity index (χ2n) is 6.82. The fourth-order valence-corrected chi connectivity index (χ4v) is 3.61. The molecule has 1 aromatic carbocycles. The Kier molecular flexibility index (Phi) is 7.53. The Morgan fingerprint density at radius 1 is 1.33 bits per heavy atom. The normalized spacial score (nSPS) is 18.4. The molecule has 0 bridgehead atoms. The Balaban J connectivity index is 2.44. The van der Waals surface area contributed by atoms with Crippen molar-refractivity contribution in [2.75, 3.05) is 19.0 Å². The van der Waals surface area contributed by atoms with Crippen molar-refractivity contribution >= 4 is 27.7 Å². The van der Waals surface area contributed by atoms with Crippen molar-refractivity contribution in [3.63, 3.8) is 0 Å². The van der Waals surface area contributed by atoms with E-state index in [9.17, 15) is 13.6 Å². The number of esters is 1. The molecule has 27 heavy (non-hydrogen) atoms. The number of carbonyl (C=O) groups is 1. The number of rotatable bonds is 7. The van der Waals surface area contributed by atoms with Crippen LogP contribution < -0.4 is 0 Å². The fourth-order valence-electron chi connectivity index (χ4n) is 3.28. The quantitative estimate of drug-likeness (QED) is 0.440. The molecule has 1 aromatic rings. The van der Waals surface area contributed by atoms with Crippen LogP contribution in [-0.4, -0.2) is 35.7 Å². The number of benzene rings is 1. The average Bonchev–Trinajstić information content (AvgIpc) is 2.64. The van der Waals surface area contributed by atoms with Gasteiger partial charge in [0.05, 0.1) is 24.4 Å². The third-order valence-corrected chi connectivity index (χ3v) is 5.85. The summed E-state index contributed by atoms with van der Waals surface area (Å²) in [5.41, 5.74) is 1.37. The van der Waals surface area contributed by atoms with Crippen molar-refractivity contribution < 1.29 is 18.3 Å². The lowest BCUT2D eigenvalue weighted by Crippen LogP contribution is -2.40. The molecule has 0 N–H and O–H groups in total. The Morgan fingerprint density at radius 3 is 2.63 bits per heavy atom. The van der Waals surface area contributed by atoms with Gasteiger partial charge in [-0.15, -0.1) is 0 Å². The summed E-state index contributed by atoms with van der Waals surface area (Å²) in [5.74, 6) is -1.12. The molecule has 0 amide bonds. The van der Waals surface area contributed by atoms with Gasteiger partial charge >= 0.3 is 5.97 Å². The minimum Gasteiger partial charge on any atom is -0.466 e. The number of hydrogen-bond donors (Lipinski definition) is 0. The summed E-state index contributed by atoms with van der Waals surface area (Å²) in [6.07, 6.45) is 1.88. The molecule has 0 aromatic heterocycles. The van der Waals surface area contributed by atoms with Crippen molar-refractivity contribution in [1.82, 2.24) is 4.90 Å². The molecular weight excluding hydrogens is 418 g/mol. The zero-order valence-corrected chi connectivity index (χ0v) is 17.6. The summed E-state index contributed by atoms with van der Waals surface area (Å²) in [6.45, 7) is 6.39. The van der Waals surface area contributed by atoms with E-state index in [2.05, 4.69) is 27.8 Å². The van der Waals surface area contributed by atoms with E-state index in [-0.39, 0.29) is 0 Å². The second-order valence-corrected chi connectivity index (χ2v) is 7.47. The molecule has 0 saturated heterocycles. The van der Waals surface area contributed by atoms with Gasteiger partial charge in [-0.2, -0.15) is 0 Å². The second kappa shape index (κ2) is 9.44. The maximum absolute atomic E-state index is 13.9. The van der Waals surface area contributed by atoms with E-state index in [4.69, 9.17) is 4.74 Å². The minimum atomic E-state index is -0.942. The molecule has 1 heterocycles. The van der Waals surface area contributed by atoms with Crippen LogP contribution in [0.15, 0.2) is 34.5 Å². The van der Waals surface area contributed by atoms with Gasteiger partial charge in [-0.3, -0.25) is 0 Å². The molecule has 148 valence electrons. The van der Waals surface area contributed by atoms with Gasteiger partial charge in [0.25, 0.3) is 0 Å². The predicted octanol–water partition coefficient (Wildman–Crippen LogP) is 5.00. The number of aliphatic imine (C=N–C) groups is 1. The Morgan fingerprint density at radius 2 is 2.04 bits per heavy atom. The number of carbonyl (C=O) groups excluding carboxylic acids is 1. The number of halogens is 3. The zero-order chi connectivity index (χ0) is 20.1. The zero-order valence-electron chi connectivity index (χ0n) is 16.1. The molecule has 2 rings (SSSR count). The Bertz CT molecular complexity index is 764. The Hall–Kier alpha value is -1.76. The number of methoxy groups -OCH3 is 1. The van der Waals surface area contributed by atoms with Crippen molar-refractivity contribution in [2.45, 2.75) is 39.7 Å². The molecule has 0 spiro atoms. The van der Waals surface area contributed by atoms with Gasteiger partial charge in [0.1, 0.15) is 5.84 Å². The van der Waals surface area contributed by atoms with Crippen LogP contribution >= 0.6 is 15.9 Å². The SMILES string of the molecule is COC(=O)C1=C(C)N=C(C)N(CCC[C@@H](C)CBr)C1c1ccc(F)c(F)c1. The van der Waals surface area contributed by atoms with Crippen LogP contribution in [0.1, 0.15) is 45.2 Å². The highest BCUT2D eigenvalue weighted by atomic mass is 79.9. The van der Waals surface area contributed by atoms with Crippen molar-refractivity contribution in [3.8, 4) is 0 Å². The van der Waals surface area contributed by atoms with Gasteiger partial charge in [-0.05, 0) is 50.3 Å². The van der Waals surface area contributed by atoms with Crippen LogP contribution in [0.4, 0.5) is 8.78 Å². The van der Waals surface area contributed by atoms with Crippen molar-refractivity contribution in [3.05, 3.63) is 46.7 Å². The van der Waals surface area contributed by atoms with E-state index >= 15 is 0 Å². The molecule has 0 radical (unpaired) electrons. The third kappa shape index (κ3) is 4.94. The molecule has 7 heteroatoms. The van der Waals surface area contributed by atoms with Crippen LogP contribution in [0.5, 0.6) is 0 Å². The first-order chi connectivity index (χ1) is 12.8. The highest BCUT2D eigenvalue weighted by Gasteiger charge is 2.35. The maximum atomic E-state index is 13.9. The number of hydrogen-bond acceptors (Lipinski definition) is 4. The van der Waals surface area contributed by atoms with Gasteiger partial charge in [-0.25, -0.2) is 18.6 Å². The highest BCUT2D eigenvalue weighted by molar-refractivity contribution is 9.09. The minimum absolute atomic E-state index is 0.350. The summed E-state index contributed by atoms with van der Waals surface area (Å²) in [6, 6.07) is 3.17. The summed E-state index contributed by atoms with van der Waals surface area (Å²) in [4.78, 5) is 18.9. The smallest absolute Gasteiger partial charge is 0.338 e. The third-order valence-electron chi connectivity index (χ3n) is 4.74. The van der Waals surface area contributed by atoms with E-state index in [1.165, 1.54) is 13.2 Å².